The Morgan fingerprint density at radius 1 is 0.620 bits per heavy atom. The maximum Gasteiger partial charge on any atom is 0.306 e. The molecule has 0 aromatic carbocycles. The Labute approximate surface area is 308 Å². The molecular formula is C44H78O6. The molecule has 0 aromatic rings. The van der Waals surface area contributed by atoms with Gasteiger partial charge in [-0.05, 0) is 57.3 Å². The van der Waals surface area contributed by atoms with Gasteiger partial charge in [-0.3, -0.25) is 9.59 Å². The summed E-state index contributed by atoms with van der Waals surface area (Å²) in [6.07, 6.45) is 43.8. The minimum absolute atomic E-state index is 0.0978. The fraction of sp³-hybridized carbons (Fsp3) is 0.818. The van der Waals surface area contributed by atoms with E-state index in [1.165, 1.54) is 109 Å². The number of carbonyl (C=O) groups is 2. The van der Waals surface area contributed by atoms with E-state index in [1.54, 1.807) is 0 Å². The fourth-order valence-corrected chi connectivity index (χ4v) is 6.18. The first-order valence-electron chi connectivity index (χ1n) is 21.0. The van der Waals surface area contributed by atoms with Crippen LogP contribution in [0.5, 0.6) is 0 Å². The molecule has 0 aromatic heterocycles. The molecule has 6 heteroatoms. The molecule has 1 rings (SSSR count). The molecule has 1 saturated heterocycles. The van der Waals surface area contributed by atoms with Crippen LogP contribution in [0.15, 0.2) is 36.5 Å². The lowest BCUT2D eigenvalue weighted by atomic mass is 10.0. The topological polar surface area (TPSA) is 85.4 Å². The molecule has 6 nitrogen and oxygen atoms in total. The minimum atomic E-state index is -0.797. The van der Waals surface area contributed by atoms with Gasteiger partial charge in [-0.15, -0.1) is 0 Å². The maximum atomic E-state index is 12.2. The van der Waals surface area contributed by atoms with Gasteiger partial charge in [0.25, 0.3) is 0 Å². The molecule has 50 heavy (non-hydrogen) atoms. The first-order valence-corrected chi connectivity index (χ1v) is 21.0. The quantitative estimate of drug-likeness (QED) is 0.0303. The summed E-state index contributed by atoms with van der Waals surface area (Å²) in [5.74, 6) is 0.191. The molecule has 0 radical (unpaired) electrons. The molecule has 1 N–H and O–H groups in total. The van der Waals surface area contributed by atoms with Crippen LogP contribution in [-0.4, -0.2) is 48.6 Å². The maximum absolute atomic E-state index is 12.2. The number of hydrogen-bond acceptors (Lipinski definition) is 6. The highest BCUT2D eigenvalue weighted by molar-refractivity contribution is 5.70. The summed E-state index contributed by atoms with van der Waals surface area (Å²) in [5, 5.41) is 9.58. The zero-order chi connectivity index (χ0) is 36.3. The second-order valence-electron chi connectivity index (χ2n) is 14.9. The van der Waals surface area contributed by atoms with Crippen molar-refractivity contribution in [1.82, 2.24) is 0 Å². The zero-order valence-electron chi connectivity index (χ0n) is 32.8. The average molecular weight is 703 g/mol. The lowest BCUT2D eigenvalue weighted by Crippen LogP contribution is -2.28. The standard InChI is InChI=1S/C44H78O6/c1-4-5-6-7-8-16-20-23-28-33-41-42(50-41)34-29-25-26-30-35-43(46)48-38-40(37-45)49-44(47)36-31-24-21-18-15-13-11-9-10-12-14-17-19-22-27-32-39(2)3/h8,16,23,25,28-29,39-42,45H,4-7,9-15,17-22,24,26-27,30-38H2,1-3H3/b16-8-,28-23-,29-25-/t40-,41?,42?/m0/s1. The monoisotopic (exact) mass is 703 g/mol. The van der Waals surface area contributed by atoms with Gasteiger partial charge in [-0.1, -0.05) is 166 Å². The molecule has 0 saturated carbocycles. The summed E-state index contributed by atoms with van der Waals surface area (Å²) in [5.41, 5.74) is 0. The predicted molar refractivity (Wildman–Crippen MR) is 209 cm³/mol. The van der Waals surface area contributed by atoms with E-state index in [9.17, 15) is 14.7 Å². The van der Waals surface area contributed by atoms with Gasteiger partial charge in [-0.2, -0.15) is 0 Å². The zero-order valence-corrected chi connectivity index (χ0v) is 32.8. The van der Waals surface area contributed by atoms with Gasteiger partial charge in [0.2, 0.25) is 0 Å². The van der Waals surface area contributed by atoms with E-state index < -0.39 is 6.10 Å². The number of aliphatic hydroxyl groups excluding tert-OH is 1. The molecule has 1 fully saturated rings. The van der Waals surface area contributed by atoms with Crippen LogP contribution in [0.25, 0.3) is 0 Å². The molecule has 2 unspecified atom stereocenters. The molecular weight excluding hydrogens is 624 g/mol. The van der Waals surface area contributed by atoms with E-state index in [0.717, 1.165) is 50.9 Å². The number of aliphatic hydroxyl groups is 1. The smallest absolute Gasteiger partial charge is 0.306 e. The van der Waals surface area contributed by atoms with Crippen LogP contribution in [0.3, 0.4) is 0 Å². The summed E-state index contributed by atoms with van der Waals surface area (Å²) in [6, 6.07) is 0. The van der Waals surface area contributed by atoms with Gasteiger partial charge in [0.05, 0.1) is 18.8 Å². The van der Waals surface area contributed by atoms with Gasteiger partial charge in [0, 0.05) is 12.8 Å². The first-order chi connectivity index (χ1) is 24.5. The van der Waals surface area contributed by atoms with Crippen LogP contribution in [0.1, 0.15) is 194 Å². The Bertz CT molecular complexity index is 878. The highest BCUT2D eigenvalue weighted by Gasteiger charge is 2.35. The largest absolute Gasteiger partial charge is 0.462 e. The first kappa shape index (κ1) is 46.1. The van der Waals surface area contributed by atoms with Crippen molar-refractivity contribution >= 4 is 11.9 Å². The summed E-state index contributed by atoms with van der Waals surface area (Å²) in [7, 11) is 0. The normalized spacial score (nSPS) is 16.7. The summed E-state index contributed by atoms with van der Waals surface area (Å²) in [6.45, 7) is 6.42. The number of carbonyl (C=O) groups excluding carboxylic acids is 2. The predicted octanol–water partition coefficient (Wildman–Crippen LogP) is 12.1. The summed E-state index contributed by atoms with van der Waals surface area (Å²) < 4.78 is 16.3. The van der Waals surface area contributed by atoms with Crippen molar-refractivity contribution in [2.24, 2.45) is 5.92 Å². The van der Waals surface area contributed by atoms with Gasteiger partial charge in [0.15, 0.2) is 6.10 Å². The fourth-order valence-electron chi connectivity index (χ4n) is 6.18. The molecule has 0 amide bonds. The summed E-state index contributed by atoms with van der Waals surface area (Å²) in [4.78, 5) is 24.3. The Hall–Kier alpha value is -1.92. The Kier molecular flexibility index (Phi) is 31.5. The second-order valence-corrected chi connectivity index (χ2v) is 14.9. The van der Waals surface area contributed by atoms with E-state index in [1.807, 2.05) is 0 Å². The van der Waals surface area contributed by atoms with E-state index >= 15 is 0 Å². The average Bonchev–Trinajstić information content (AvgIpc) is 3.86. The van der Waals surface area contributed by atoms with Crippen molar-refractivity contribution in [1.29, 1.82) is 0 Å². The molecule has 0 aliphatic carbocycles. The molecule has 290 valence electrons. The van der Waals surface area contributed by atoms with E-state index in [4.69, 9.17) is 14.2 Å². The van der Waals surface area contributed by atoms with Gasteiger partial charge < -0.3 is 19.3 Å². The van der Waals surface area contributed by atoms with E-state index in [-0.39, 0.29) is 25.2 Å². The highest BCUT2D eigenvalue weighted by Crippen LogP contribution is 2.29. The number of ether oxygens (including phenoxy) is 3. The van der Waals surface area contributed by atoms with Crippen molar-refractivity contribution in [3.63, 3.8) is 0 Å². The number of epoxide rings is 1. The van der Waals surface area contributed by atoms with Crippen LogP contribution in [0.4, 0.5) is 0 Å². The second kappa shape index (κ2) is 34.2. The Balaban J connectivity index is 1.90. The van der Waals surface area contributed by atoms with Gasteiger partial charge in [0.1, 0.15) is 6.61 Å². The number of esters is 2. The Morgan fingerprint density at radius 2 is 1.12 bits per heavy atom. The van der Waals surface area contributed by atoms with Gasteiger partial charge in [-0.25, -0.2) is 0 Å². The van der Waals surface area contributed by atoms with E-state index in [0.29, 0.717) is 31.5 Å². The molecule has 1 aliphatic heterocycles. The van der Waals surface area contributed by atoms with Crippen LogP contribution in [0, 0.1) is 5.92 Å². The summed E-state index contributed by atoms with van der Waals surface area (Å²) >= 11 is 0. The van der Waals surface area contributed by atoms with Crippen LogP contribution < -0.4 is 0 Å². The lowest BCUT2D eigenvalue weighted by molar-refractivity contribution is -0.161. The number of hydrogen-bond donors (Lipinski definition) is 1. The SMILES string of the molecule is CCCCC/C=C\C/C=C\CC1OC1C/C=C\CCCC(=O)OC[C@H](CO)OC(=O)CCCCCCCCCCCCCCCCCC(C)C. The van der Waals surface area contributed by atoms with Crippen molar-refractivity contribution in [3.8, 4) is 0 Å². The molecule has 0 spiro atoms. The minimum Gasteiger partial charge on any atom is -0.462 e. The van der Waals surface area contributed by atoms with Crippen LogP contribution in [0.2, 0.25) is 0 Å². The van der Waals surface area contributed by atoms with Crippen LogP contribution >= 0.6 is 0 Å². The van der Waals surface area contributed by atoms with Crippen LogP contribution in [-0.2, 0) is 23.8 Å². The molecule has 1 heterocycles. The lowest BCUT2D eigenvalue weighted by Gasteiger charge is -2.15. The van der Waals surface area contributed by atoms with E-state index in [2.05, 4.69) is 57.2 Å². The number of allylic oxidation sites excluding steroid dienone is 4. The molecule has 3 atom stereocenters. The third kappa shape index (κ3) is 30.9. The third-order valence-corrected chi connectivity index (χ3v) is 9.52. The number of rotatable bonds is 36. The van der Waals surface area contributed by atoms with Crippen molar-refractivity contribution in [2.45, 2.75) is 212 Å². The molecule has 1 aliphatic rings. The highest BCUT2D eigenvalue weighted by atomic mass is 16.6. The molecule has 0 bridgehead atoms. The van der Waals surface area contributed by atoms with Crippen molar-refractivity contribution in [3.05, 3.63) is 36.5 Å². The third-order valence-electron chi connectivity index (χ3n) is 9.52. The van der Waals surface area contributed by atoms with Crippen molar-refractivity contribution < 1.29 is 28.9 Å². The Morgan fingerprint density at radius 3 is 1.70 bits per heavy atom. The van der Waals surface area contributed by atoms with Crippen molar-refractivity contribution in [2.75, 3.05) is 13.2 Å². The van der Waals surface area contributed by atoms with Gasteiger partial charge >= 0.3 is 11.9 Å². The number of unbranched alkanes of at least 4 members (excludes halogenated alkanes) is 18.